The van der Waals surface area contributed by atoms with Gasteiger partial charge < -0.3 is 5.32 Å². The van der Waals surface area contributed by atoms with Crippen molar-refractivity contribution in [2.75, 3.05) is 26.2 Å². The molecule has 29 heavy (non-hydrogen) atoms. The van der Waals surface area contributed by atoms with Gasteiger partial charge in [-0.25, -0.2) is 8.42 Å². The number of aryl methyl sites for hydroxylation is 2. The van der Waals surface area contributed by atoms with Crippen molar-refractivity contribution in [1.82, 2.24) is 14.5 Å². The second-order valence-electron chi connectivity index (χ2n) is 8.64. The van der Waals surface area contributed by atoms with Gasteiger partial charge in [0.15, 0.2) is 0 Å². The number of carbonyl (C=O) groups excluding carboxylic acids is 1. The first-order valence-corrected chi connectivity index (χ1v) is 12.1. The third-order valence-corrected chi connectivity index (χ3v) is 7.83. The molecule has 7 heteroatoms. The lowest BCUT2D eigenvalue weighted by Gasteiger charge is -2.32. The Kier molecular flexibility index (Phi) is 8.26. The van der Waals surface area contributed by atoms with Crippen LogP contribution in [-0.4, -0.2) is 61.8 Å². The van der Waals surface area contributed by atoms with Gasteiger partial charge in [-0.05, 0) is 77.6 Å². The summed E-state index contributed by atoms with van der Waals surface area (Å²) < 4.78 is 27.4. The molecule has 1 fully saturated rings. The van der Waals surface area contributed by atoms with E-state index in [1.54, 1.807) is 12.1 Å². The zero-order valence-corrected chi connectivity index (χ0v) is 19.6. The molecule has 1 amide bonds. The van der Waals surface area contributed by atoms with E-state index in [0.717, 1.165) is 17.7 Å². The number of rotatable bonds is 8. The summed E-state index contributed by atoms with van der Waals surface area (Å²) in [4.78, 5) is 15.2. The van der Waals surface area contributed by atoms with Gasteiger partial charge in [0.05, 0.1) is 4.90 Å². The molecule has 1 aliphatic rings. The van der Waals surface area contributed by atoms with Crippen LogP contribution in [0.4, 0.5) is 0 Å². The van der Waals surface area contributed by atoms with E-state index in [9.17, 15) is 13.2 Å². The van der Waals surface area contributed by atoms with Gasteiger partial charge in [0.25, 0.3) is 0 Å². The molecule has 0 aliphatic carbocycles. The molecule has 1 aliphatic heterocycles. The minimum absolute atomic E-state index is 0.0423. The fourth-order valence-corrected chi connectivity index (χ4v) is 5.50. The first-order valence-electron chi connectivity index (χ1n) is 10.6. The molecule has 0 radical (unpaired) electrons. The average molecular weight is 424 g/mol. The lowest BCUT2D eigenvalue weighted by molar-refractivity contribution is -0.126. The summed E-state index contributed by atoms with van der Waals surface area (Å²) in [6.45, 7) is 14.7. The molecule has 0 unspecified atom stereocenters. The second kappa shape index (κ2) is 10.0. The minimum Gasteiger partial charge on any atom is -0.355 e. The number of amides is 1. The normalized spacial score (nSPS) is 16.7. The predicted octanol–water partition coefficient (Wildman–Crippen LogP) is 2.94. The smallest absolute Gasteiger partial charge is 0.243 e. The standard InChI is InChI=1S/C22H37N3O3S/c1-16(2)25(17(3)4)14-11-23-22(26)20-9-12-24(13-10-20)29(27,28)21-8-7-18(5)19(6)15-21/h7-8,15-17,20H,9-14H2,1-6H3,(H,23,26). The Bertz CT molecular complexity index is 790. The lowest BCUT2D eigenvalue weighted by atomic mass is 9.97. The Balaban J connectivity index is 1.88. The number of nitrogens with one attached hydrogen (secondary N) is 1. The van der Waals surface area contributed by atoms with Crippen molar-refractivity contribution in [3.05, 3.63) is 29.3 Å². The molecule has 0 spiro atoms. The summed E-state index contributed by atoms with van der Waals surface area (Å²) in [6, 6.07) is 6.13. The third-order valence-electron chi connectivity index (χ3n) is 5.94. The Morgan fingerprint density at radius 1 is 1.10 bits per heavy atom. The number of sulfonamides is 1. The van der Waals surface area contributed by atoms with E-state index in [4.69, 9.17) is 0 Å². The van der Waals surface area contributed by atoms with E-state index in [2.05, 4.69) is 37.9 Å². The van der Waals surface area contributed by atoms with E-state index < -0.39 is 10.0 Å². The molecule has 1 N–H and O–H groups in total. The molecule has 6 nitrogen and oxygen atoms in total. The van der Waals surface area contributed by atoms with Crippen LogP contribution in [0.2, 0.25) is 0 Å². The summed E-state index contributed by atoms with van der Waals surface area (Å²) in [7, 11) is -3.50. The number of hydrogen-bond donors (Lipinski definition) is 1. The first kappa shape index (κ1) is 23.8. The van der Waals surface area contributed by atoms with Crippen molar-refractivity contribution < 1.29 is 13.2 Å². The highest BCUT2D eigenvalue weighted by Crippen LogP contribution is 2.25. The van der Waals surface area contributed by atoms with Gasteiger partial charge in [-0.15, -0.1) is 0 Å². The van der Waals surface area contributed by atoms with E-state index in [1.807, 2.05) is 19.9 Å². The van der Waals surface area contributed by atoms with Gasteiger partial charge in [0, 0.05) is 44.2 Å². The van der Waals surface area contributed by atoms with Gasteiger partial charge in [-0.1, -0.05) is 6.07 Å². The van der Waals surface area contributed by atoms with Crippen LogP contribution in [0.3, 0.4) is 0 Å². The summed E-state index contributed by atoms with van der Waals surface area (Å²) in [6.07, 6.45) is 1.13. The van der Waals surface area contributed by atoms with Crippen molar-refractivity contribution in [2.45, 2.75) is 71.4 Å². The molecule has 1 aromatic rings. The van der Waals surface area contributed by atoms with Crippen molar-refractivity contribution in [3.63, 3.8) is 0 Å². The summed E-state index contributed by atoms with van der Waals surface area (Å²) >= 11 is 0. The van der Waals surface area contributed by atoms with E-state index in [-0.39, 0.29) is 11.8 Å². The molecular formula is C22H37N3O3S. The second-order valence-corrected chi connectivity index (χ2v) is 10.6. The SMILES string of the molecule is Cc1ccc(S(=O)(=O)N2CCC(C(=O)NCCN(C(C)C)C(C)C)CC2)cc1C. The Labute approximate surface area is 176 Å². The fourth-order valence-electron chi connectivity index (χ4n) is 3.95. The van der Waals surface area contributed by atoms with E-state index >= 15 is 0 Å². The Morgan fingerprint density at radius 3 is 2.21 bits per heavy atom. The molecule has 1 heterocycles. The molecule has 2 rings (SSSR count). The quantitative estimate of drug-likeness (QED) is 0.698. The number of hydrogen-bond acceptors (Lipinski definition) is 4. The minimum atomic E-state index is -3.50. The van der Waals surface area contributed by atoms with E-state index in [0.29, 0.717) is 49.5 Å². The molecule has 0 bridgehead atoms. The zero-order valence-electron chi connectivity index (χ0n) is 18.7. The number of carbonyl (C=O) groups is 1. The first-order chi connectivity index (χ1) is 13.5. The summed E-state index contributed by atoms with van der Waals surface area (Å²) in [5.41, 5.74) is 2.05. The van der Waals surface area contributed by atoms with Crippen LogP contribution >= 0.6 is 0 Å². The van der Waals surface area contributed by atoms with Crippen LogP contribution < -0.4 is 5.32 Å². The fraction of sp³-hybridized carbons (Fsp3) is 0.682. The molecule has 1 aromatic carbocycles. The van der Waals surface area contributed by atoms with Gasteiger partial charge >= 0.3 is 0 Å². The highest BCUT2D eigenvalue weighted by molar-refractivity contribution is 7.89. The van der Waals surface area contributed by atoms with Crippen LogP contribution in [0.15, 0.2) is 23.1 Å². The highest BCUT2D eigenvalue weighted by Gasteiger charge is 2.32. The van der Waals surface area contributed by atoms with Crippen LogP contribution in [0.1, 0.15) is 51.7 Å². The Morgan fingerprint density at radius 2 is 1.69 bits per heavy atom. The number of piperidine rings is 1. The van der Waals surface area contributed by atoms with E-state index in [1.165, 1.54) is 4.31 Å². The van der Waals surface area contributed by atoms with Gasteiger partial charge in [0.1, 0.15) is 0 Å². The van der Waals surface area contributed by atoms with Crippen LogP contribution in [0.25, 0.3) is 0 Å². The van der Waals surface area contributed by atoms with Crippen molar-refractivity contribution in [3.8, 4) is 0 Å². The van der Waals surface area contributed by atoms with Crippen LogP contribution in [-0.2, 0) is 14.8 Å². The van der Waals surface area contributed by atoms with Crippen molar-refractivity contribution >= 4 is 15.9 Å². The maximum absolute atomic E-state index is 12.9. The van der Waals surface area contributed by atoms with Crippen molar-refractivity contribution in [1.29, 1.82) is 0 Å². The topological polar surface area (TPSA) is 69.7 Å². The van der Waals surface area contributed by atoms with Gasteiger partial charge in [-0.2, -0.15) is 4.31 Å². The highest BCUT2D eigenvalue weighted by atomic mass is 32.2. The Hall–Kier alpha value is -1.44. The van der Waals surface area contributed by atoms with Crippen LogP contribution in [0, 0.1) is 19.8 Å². The maximum atomic E-state index is 12.9. The lowest BCUT2D eigenvalue weighted by Crippen LogP contribution is -2.46. The number of benzene rings is 1. The molecule has 0 atom stereocenters. The number of nitrogens with zero attached hydrogens (tertiary/aromatic N) is 2. The molecule has 164 valence electrons. The summed E-state index contributed by atoms with van der Waals surface area (Å²) in [5.74, 6) is -0.0755. The molecule has 0 saturated carbocycles. The predicted molar refractivity (Wildman–Crippen MR) is 117 cm³/mol. The molecule has 1 saturated heterocycles. The molecular weight excluding hydrogens is 386 g/mol. The largest absolute Gasteiger partial charge is 0.355 e. The van der Waals surface area contributed by atoms with Gasteiger partial charge in [-0.3, -0.25) is 9.69 Å². The summed E-state index contributed by atoms with van der Waals surface area (Å²) in [5, 5.41) is 3.04. The molecule has 0 aromatic heterocycles. The zero-order chi connectivity index (χ0) is 21.8. The monoisotopic (exact) mass is 423 g/mol. The average Bonchev–Trinajstić information content (AvgIpc) is 2.66. The van der Waals surface area contributed by atoms with Crippen molar-refractivity contribution in [2.24, 2.45) is 5.92 Å². The van der Waals surface area contributed by atoms with Crippen LogP contribution in [0.5, 0.6) is 0 Å². The maximum Gasteiger partial charge on any atom is 0.243 e. The third kappa shape index (κ3) is 6.03. The van der Waals surface area contributed by atoms with Gasteiger partial charge in [0.2, 0.25) is 15.9 Å².